The summed E-state index contributed by atoms with van der Waals surface area (Å²) in [5, 5.41) is 0. The summed E-state index contributed by atoms with van der Waals surface area (Å²) in [6, 6.07) is 7.70. The van der Waals surface area contributed by atoms with Crippen molar-refractivity contribution in [1.82, 2.24) is 0 Å². The molecule has 0 aliphatic carbocycles. The number of hydrogen-bond donors (Lipinski definition) is 0. The van der Waals surface area contributed by atoms with Crippen LogP contribution in [0, 0.1) is 6.92 Å². The predicted molar refractivity (Wildman–Crippen MR) is 65.9 cm³/mol. The third-order valence-corrected chi connectivity index (χ3v) is 2.46. The van der Waals surface area contributed by atoms with E-state index in [0.29, 0.717) is 13.0 Å². The molecule has 2 nitrogen and oxygen atoms in total. The smallest absolute Gasteiger partial charge is 0.165 e. The fourth-order valence-electron chi connectivity index (χ4n) is 1.48. The molecule has 1 aromatic carbocycles. The highest BCUT2D eigenvalue weighted by molar-refractivity contribution is 5.96. The first-order valence-electron chi connectivity index (χ1n) is 5.91. The molecule has 1 rings (SSSR count). The van der Waals surface area contributed by atoms with Crippen molar-refractivity contribution in [3.8, 4) is 0 Å². The number of aryl methyl sites for hydroxylation is 1. The molecule has 0 bridgehead atoms. The maximum Gasteiger partial charge on any atom is 0.165 e. The SMILES string of the molecule is CCCCOCCC(=O)c1cccc(C)c1. The molecule has 0 heterocycles. The molecule has 0 spiro atoms. The molecule has 0 saturated heterocycles. The minimum atomic E-state index is 0.167. The lowest BCUT2D eigenvalue weighted by molar-refractivity contribution is 0.0873. The Bertz CT molecular complexity index is 331. The predicted octanol–water partition coefficient (Wildman–Crippen LogP) is 3.38. The van der Waals surface area contributed by atoms with E-state index in [1.165, 1.54) is 0 Å². The Labute approximate surface area is 97.6 Å². The molecule has 0 atom stereocenters. The van der Waals surface area contributed by atoms with Crippen LogP contribution in [-0.4, -0.2) is 19.0 Å². The van der Waals surface area contributed by atoms with Gasteiger partial charge in [0.05, 0.1) is 6.61 Å². The Morgan fingerprint density at radius 3 is 2.81 bits per heavy atom. The van der Waals surface area contributed by atoms with Gasteiger partial charge in [0.1, 0.15) is 0 Å². The van der Waals surface area contributed by atoms with E-state index in [0.717, 1.165) is 30.6 Å². The molecule has 2 heteroatoms. The van der Waals surface area contributed by atoms with Crippen molar-refractivity contribution >= 4 is 5.78 Å². The van der Waals surface area contributed by atoms with E-state index in [4.69, 9.17) is 4.74 Å². The minimum Gasteiger partial charge on any atom is -0.381 e. The number of ketones is 1. The van der Waals surface area contributed by atoms with Gasteiger partial charge in [-0.05, 0) is 19.4 Å². The Morgan fingerprint density at radius 1 is 1.31 bits per heavy atom. The van der Waals surface area contributed by atoms with Gasteiger partial charge in [-0.15, -0.1) is 0 Å². The summed E-state index contributed by atoms with van der Waals surface area (Å²) in [6.07, 6.45) is 2.68. The summed E-state index contributed by atoms with van der Waals surface area (Å²) in [7, 11) is 0. The molecule has 88 valence electrons. The molecule has 0 radical (unpaired) electrons. The molecule has 0 unspecified atom stereocenters. The lowest BCUT2D eigenvalue weighted by Gasteiger charge is -2.03. The summed E-state index contributed by atoms with van der Waals surface area (Å²) in [6.45, 7) is 5.42. The van der Waals surface area contributed by atoms with Crippen LogP contribution in [0.2, 0.25) is 0 Å². The molecular formula is C14H20O2. The van der Waals surface area contributed by atoms with Gasteiger partial charge in [-0.3, -0.25) is 4.79 Å². The fraction of sp³-hybridized carbons (Fsp3) is 0.500. The first-order valence-corrected chi connectivity index (χ1v) is 5.91. The van der Waals surface area contributed by atoms with E-state index in [9.17, 15) is 4.79 Å². The summed E-state index contributed by atoms with van der Waals surface area (Å²) in [5.41, 5.74) is 1.91. The van der Waals surface area contributed by atoms with Crippen LogP contribution in [0.5, 0.6) is 0 Å². The van der Waals surface area contributed by atoms with Crippen molar-refractivity contribution in [2.45, 2.75) is 33.1 Å². The summed E-state index contributed by atoms with van der Waals surface area (Å²) >= 11 is 0. The standard InChI is InChI=1S/C14H20O2/c1-3-4-9-16-10-8-14(15)13-7-5-6-12(2)11-13/h5-7,11H,3-4,8-10H2,1-2H3. The largest absolute Gasteiger partial charge is 0.381 e. The monoisotopic (exact) mass is 220 g/mol. The van der Waals surface area contributed by atoms with Crippen molar-refractivity contribution in [1.29, 1.82) is 0 Å². The molecule has 0 aliphatic rings. The molecule has 16 heavy (non-hydrogen) atoms. The van der Waals surface area contributed by atoms with E-state index >= 15 is 0 Å². The molecule has 0 aromatic heterocycles. The van der Waals surface area contributed by atoms with Crippen LogP contribution in [-0.2, 0) is 4.74 Å². The molecular weight excluding hydrogens is 200 g/mol. The maximum atomic E-state index is 11.7. The zero-order valence-corrected chi connectivity index (χ0v) is 10.2. The topological polar surface area (TPSA) is 26.3 Å². The van der Waals surface area contributed by atoms with Gasteiger partial charge in [0.2, 0.25) is 0 Å². The maximum absolute atomic E-state index is 11.7. The average molecular weight is 220 g/mol. The summed E-state index contributed by atoms with van der Waals surface area (Å²) < 4.78 is 5.38. The number of rotatable bonds is 7. The molecule has 0 N–H and O–H groups in total. The van der Waals surface area contributed by atoms with E-state index in [1.54, 1.807) is 0 Å². The number of ether oxygens (including phenoxy) is 1. The Hall–Kier alpha value is -1.15. The number of benzene rings is 1. The van der Waals surface area contributed by atoms with Gasteiger partial charge in [-0.25, -0.2) is 0 Å². The van der Waals surface area contributed by atoms with E-state index in [-0.39, 0.29) is 5.78 Å². The quantitative estimate of drug-likeness (QED) is 0.520. The second-order valence-electron chi connectivity index (χ2n) is 4.01. The van der Waals surface area contributed by atoms with Gasteiger partial charge in [-0.1, -0.05) is 37.1 Å². The van der Waals surface area contributed by atoms with Crippen molar-refractivity contribution in [3.05, 3.63) is 35.4 Å². The minimum absolute atomic E-state index is 0.167. The van der Waals surface area contributed by atoms with Crippen molar-refractivity contribution in [3.63, 3.8) is 0 Å². The number of Topliss-reactive ketones (excluding diaryl/α,β-unsaturated/α-hetero) is 1. The molecule has 0 aliphatic heterocycles. The van der Waals surface area contributed by atoms with E-state index in [1.807, 2.05) is 31.2 Å². The Kier molecular flexibility index (Phi) is 5.79. The van der Waals surface area contributed by atoms with Crippen molar-refractivity contribution < 1.29 is 9.53 Å². The highest BCUT2D eigenvalue weighted by atomic mass is 16.5. The van der Waals surface area contributed by atoms with E-state index < -0.39 is 0 Å². The molecule has 0 saturated carbocycles. The number of unbranched alkanes of at least 4 members (excludes halogenated alkanes) is 1. The van der Waals surface area contributed by atoms with E-state index in [2.05, 4.69) is 6.92 Å². The fourth-order valence-corrected chi connectivity index (χ4v) is 1.48. The summed E-state index contributed by atoms with van der Waals surface area (Å²) in [5.74, 6) is 0.167. The van der Waals surface area contributed by atoms with Crippen LogP contribution >= 0.6 is 0 Å². The first kappa shape index (κ1) is 12.9. The van der Waals surface area contributed by atoms with Gasteiger partial charge in [0.15, 0.2) is 5.78 Å². The van der Waals surface area contributed by atoms with Gasteiger partial charge in [-0.2, -0.15) is 0 Å². The average Bonchev–Trinajstić information content (AvgIpc) is 2.28. The zero-order chi connectivity index (χ0) is 11.8. The van der Waals surface area contributed by atoms with Crippen LogP contribution < -0.4 is 0 Å². The number of carbonyl (C=O) groups excluding carboxylic acids is 1. The summed E-state index contributed by atoms with van der Waals surface area (Å²) in [4.78, 5) is 11.7. The van der Waals surface area contributed by atoms with Gasteiger partial charge in [0, 0.05) is 18.6 Å². The second-order valence-corrected chi connectivity index (χ2v) is 4.01. The van der Waals surface area contributed by atoms with Crippen molar-refractivity contribution in [2.24, 2.45) is 0 Å². The highest BCUT2D eigenvalue weighted by Gasteiger charge is 2.05. The van der Waals surface area contributed by atoms with Crippen LogP contribution in [0.3, 0.4) is 0 Å². The Morgan fingerprint density at radius 2 is 2.12 bits per heavy atom. The Balaban J connectivity index is 2.30. The highest BCUT2D eigenvalue weighted by Crippen LogP contribution is 2.07. The molecule has 0 amide bonds. The number of hydrogen-bond acceptors (Lipinski definition) is 2. The van der Waals surface area contributed by atoms with Gasteiger partial charge in [0.25, 0.3) is 0 Å². The lowest BCUT2D eigenvalue weighted by atomic mass is 10.1. The van der Waals surface area contributed by atoms with Gasteiger partial charge < -0.3 is 4.74 Å². The third-order valence-electron chi connectivity index (χ3n) is 2.46. The number of carbonyl (C=O) groups is 1. The van der Waals surface area contributed by atoms with Crippen molar-refractivity contribution in [2.75, 3.05) is 13.2 Å². The van der Waals surface area contributed by atoms with Crippen LogP contribution in [0.25, 0.3) is 0 Å². The normalized spacial score (nSPS) is 10.4. The second kappa shape index (κ2) is 7.18. The van der Waals surface area contributed by atoms with Crippen LogP contribution in [0.4, 0.5) is 0 Å². The molecule has 1 aromatic rings. The third kappa shape index (κ3) is 4.58. The molecule has 0 fully saturated rings. The van der Waals surface area contributed by atoms with Gasteiger partial charge >= 0.3 is 0 Å². The first-order chi connectivity index (χ1) is 7.74. The van der Waals surface area contributed by atoms with Crippen LogP contribution in [0.15, 0.2) is 24.3 Å². The van der Waals surface area contributed by atoms with Crippen LogP contribution in [0.1, 0.15) is 42.1 Å². The lowest BCUT2D eigenvalue weighted by Crippen LogP contribution is -2.05. The zero-order valence-electron chi connectivity index (χ0n) is 10.2.